The summed E-state index contributed by atoms with van der Waals surface area (Å²) in [5.74, 6) is -0.715. The Balaban J connectivity index is 2.73. The number of rotatable bonds is 6. The predicted octanol–water partition coefficient (Wildman–Crippen LogP) is 2.77. The summed E-state index contributed by atoms with van der Waals surface area (Å²) >= 11 is 0. The first-order valence-corrected chi connectivity index (χ1v) is 6.47. The van der Waals surface area contributed by atoms with Crippen molar-refractivity contribution < 1.29 is 19.4 Å². The summed E-state index contributed by atoms with van der Waals surface area (Å²) in [6.07, 6.45) is -0.0635. The lowest BCUT2D eigenvalue weighted by Gasteiger charge is -2.28. The molecule has 0 saturated heterocycles. The molecule has 1 aromatic carbocycles. The number of amides is 1. The van der Waals surface area contributed by atoms with Gasteiger partial charge in [-0.3, -0.25) is 9.59 Å². The van der Waals surface area contributed by atoms with Crippen molar-refractivity contribution in [3.05, 3.63) is 24.3 Å². The van der Waals surface area contributed by atoms with E-state index in [1.165, 1.54) is 0 Å². The van der Waals surface area contributed by atoms with Gasteiger partial charge >= 0.3 is 5.97 Å². The van der Waals surface area contributed by atoms with Gasteiger partial charge < -0.3 is 15.2 Å². The molecule has 0 aromatic heterocycles. The van der Waals surface area contributed by atoms with Gasteiger partial charge in [0.05, 0.1) is 12.5 Å². The van der Waals surface area contributed by atoms with Crippen molar-refractivity contribution >= 4 is 17.6 Å². The van der Waals surface area contributed by atoms with Crippen molar-refractivity contribution in [2.75, 3.05) is 12.4 Å². The quantitative estimate of drug-likeness (QED) is 0.839. The lowest BCUT2D eigenvalue weighted by atomic mass is 9.76. The second-order valence-corrected chi connectivity index (χ2v) is 5.33. The van der Waals surface area contributed by atoms with Crippen LogP contribution in [0.25, 0.3) is 0 Å². The monoisotopic (exact) mass is 279 g/mol. The van der Waals surface area contributed by atoms with Gasteiger partial charge in [0, 0.05) is 12.1 Å². The van der Waals surface area contributed by atoms with Crippen LogP contribution < -0.4 is 10.1 Å². The van der Waals surface area contributed by atoms with Crippen molar-refractivity contribution in [1.82, 2.24) is 0 Å². The van der Waals surface area contributed by atoms with E-state index in [-0.39, 0.29) is 18.2 Å². The van der Waals surface area contributed by atoms with E-state index in [4.69, 9.17) is 4.74 Å². The van der Waals surface area contributed by atoms with Crippen LogP contribution in [0.5, 0.6) is 5.75 Å². The molecule has 5 heteroatoms. The van der Waals surface area contributed by atoms with E-state index in [9.17, 15) is 14.7 Å². The van der Waals surface area contributed by atoms with Crippen LogP contribution >= 0.6 is 0 Å². The maximum absolute atomic E-state index is 12.0. The highest BCUT2D eigenvalue weighted by Crippen LogP contribution is 2.31. The zero-order chi connectivity index (χ0) is 15.3. The average Bonchev–Trinajstić information content (AvgIpc) is 2.38. The molecule has 20 heavy (non-hydrogen) atoms. The maximum Gasteiger partial charge on any atom is 0.310 e. The summed E-state index contributed by atoms with van der Waals surface area (Å²) in [5.41, 5.74) is -0.455. The molecule has 0 bridgehead atoms. The summed E-state index contributed by atoms with van der Waals surface area (Å²) in [4.78, 5) is 23.3. The molecule has 5 nitrogen and oxygen atoms in total. The summed E-state index contributed by atoms with van der Waals surface area (Å²) in [6.45, 7) is 5.19. The van der Waals surface area contributed by atoms with Gasteiger partial charge in [-0.2, -0.15) is 0 Å². The number of nitrogens with one attached hydrogen (secondary N) is 1. The number of benzene rings is 1. The Morgan fingerprint density at radius 3 is 2.25 bits per heavy atom. The zero-order valence-corrected chi connectivity index (χ0v) is 12.3. The summed E-state index contributed by atoms with van der Waals surface area (Å²) < 4.78 is 5.03. The third-order valence-corrected chi connectivity index (χ3v) is 3.66. The highest BCUT2D eigenvalue weighted by atomic mass is 16.5. The van der Waals surface area contributed by atoms with Crippen LogP contribution in [-0.4, -0.2) is 24.1 Å². The number of hydrogen-bond donors (Lipinski definition) is 2. The Labute approximate surface area is 118 Å². The molecule has 110 valence electrons. The van der Waals surface area contributed by atoms with Gasteiger partial charge in [0.25, 0.3) is 0 Å². The number of ether oxygens (including phenoxy) is 1. The molecule has 1 aromatic rings. The molecule has 1 amide bonds. The maximum atomic E-state index is 12.0. The Morgan fingerprint density at radius 1 is 1.30 bits per heavy atom. The number of methoxy groups -OCH3 is 1. The van der Waals surface area contributed by atoms with Crippen molar-refractivity contribution in [2.24, 2.45) is 11.3 Å². The van der Waals surface area contributed by atoms with Crippen LogP contribution in [0.15, 0.2) is 24.3 Å². The van der Waals surface area contributed by atoms with Crippen LogP contribution in [-0.2, 0) is 9.59 Å². The largest absolute Gasteiger partial charge is 0.497 e. The second kappa shape index (κ2) is 6.41. The minimum Gasteiger partial charge on any atom is -0.497 e. The van der Waals surface area contributed by atoms with E-state index >= 15 is 0 Å². The van der Waals surface area contributed by atoms with Crippen LogP contribution in [0.2, 0.25) is 0 Å². The van der Waals surface area contributed by atoms with Crippen molar-refractivity contribution in [3.63, 3.8) is 0 Å². The third kappa shape index (κ3) is 3.73. The van der Waals surface area contributed by atoms with E-state index in [2.05, 4.69) is 5.32 Å². The molecule has 0 aliphatic heterocycles. The lowest BCUT2D eigenvalue weighted by Crippen LogP contribution is -2.37. The molecule has 0 saturated carbocycles. The van der Waals surface area contributed by atoms with E-state index in [0.717, 1.165) is 0 Å². The molecule has 1 unspecified atom stereocenters. The third-order valence-electron chi connectivity index (χ3n) is 3.66. The molecule has 0 heterocycles. The molecular weight excluding hydrogens is 258 g/mol. The number of carbonyl (C=O) groups is 2. The molecule has 2 N–H and O–H groups in total. The number of aliphatic carboxylic acids is 1. The SMILES string of the molecule is COc1ccc(NC(=O)CC(C)(C(=O)O)C(C)C)cc1. The molecule has 1 rings (SSSR count). The smallest absolute Gasteiger partial charge is 0.310 e. The van der Waals surface area contributed by atoms with Crippen LogP contribution in [0.3, 0.4) is 0 Å². The van der Waals surface area contributed by atoms with Crippen LogP contribution in [0.1, 0.15) is 27.2 Å². The van der Waals surface area contributed by atoms with Crippen molar-refractivity contribution in [3.8, 4) is 5.75 Å². The fourth-order valence-corrected chi connectivity index (χ4v) is 1.74. The molecule has 0 aliphatic carbocycles. The second-order valence-electron chi connectivity index (χ2n) is 5.33. The van der Waals surface area contributed by atoms with Gasteiger partial charge in [-0.1, -0.05) is 13.8 Å². The summed E-state index contributed by atoms with van der Waals surface area (Å²) in [5, 5.41) is 12.0. The zero-order valence-electron chi connectivity index (χ0n) is 12.3. The minimum atomic E-state index is -1.07. The van der Waals surface area contributed by atoms with E-state index in [0.29, 0.717) is 11.4 Å². The Hall–Kier alpha value is -2.04. The highest BCUT2D eigenvalue weighted by Gasteiger charge is 2.38. The van der Waals surface area contributed by atoms with Gasteiger partial charge in [-0.05, 0) is 37.1 Å². The first-order valence-electron chi connectivity index (χ1n) is 6.47. The Morgan fingerprint density at radius 2 is 1.85 bits per heavy atom. The molecule has 0 aliphatic rings. The first kappa shape index (κ1) is 16.0. The Kier molecular flexibility index (Phi) is 5.13. The highest BCUT2D eigenvalue weighted by molar-refractivity contribution is 5.94. The standard InChI is InChI=1S/C15H21NO4/c1-10(2)15(3,14(18)19)9-13(17)16-11-5-7-12(20-4)8-6-11/h5-8,10H,9H2,1-4H3,(H,16,17)(H,18,19). The minimum absolute atomic E-state index is 0.0635. The van der Waals surface area contributed by atoms with E-state index in [1.807, 2.05) is 0 Å². The van der Waals surface area contributed by atoms with E-state index in [1.54, 1.807) is 52.1 Å². The van der Waals surface area contributed by atoms with Crippen molar-refractivity contribution in [2.45, 2.75) is 27.2 Å². The summed E-state index contributed by atoms with van der Waals surface area (Å²) in [6, 6.07) is 6.89. The van der Waals surface area contributed by atoms with Gasteiger partial charge in [0.1, 0.15) is 5.75 Å². The van der Waals surface area contributed by atoms with Crippen LogP contribution in [0.4, 0.5) is 5.69 Å². The Bertz CT molecular complexity index is 481. The lowest BCUT2D eigenvalue weighted by molar-refractivity contribution is -0.153. The number of carboxylic acids is 1. The average molecular weight is 279 g/mol. The summed E-state index contributed by atoms with van der Waals surface area (Å²) in [7, 11) is 1.56. The molecular formula is C15H21NO4. The fraction of sp³-hybridized carbons (Fsp3) is 0.467. The predicted molar refractivity (Wildman–Crippen MR) is 76.8 cm³/mol. The number of hydrogen-bond acceptors (Lipinski definition) is 3. The molecule has 0 spiro atoms. The molecule has 0 fully saturated rings. The van der Waals surface area contributed by atoms with Gasteiger partial charge in [0.15, 0.2) is 0 Å². The van der Waals surface area contributed by atoms with Crippen LogP contribution in [0, 0.1) is 11.3 Å². The molecule has 0 radical (unpaired) electrons. The van der Waals surface area contributed by atoms with E-state index < -0.39 is 11.4 Å². The van der Waals surface area contributed by atoms with Gasteiger partial charge in [0.2, 0.25) is 5.91 Å². The molecule has 1 atom stereocenters. The number of carboxylic acid groups (broad SMARTS) is 1. The van der Waals surface area contributed by atoms with Crippen molar-refractivity contribution in [1.29, 1.82) is 0 Å². The first-order chi connectivity index (χ1) is 9.29. The number of anilines is 1. The van der Waals surface area contributed by atoms with Gasteiger partial charge in [-0.15, -0.1) is 0 Å². The normalized spacial score (nSPS) is 13.7. The fourth-order valence-electron chi connectivity index (χ4n) is 1.74. The topological polar surface area (TPSA) is 75.6 Å². The van der Waals surface area contributed by atoms with Gasteiger partial charge in [-0.25, -0.2) is 0 Å². The number of carbonyl (C=O) groups excluding carboxylic acids is 1.